The lowest BCUT2D eigenvalue weighted by Gasteiger charge is -2.22. The number of hydrogen-bond donors (Lipinski definition) is 1. The van der Waals surface area contributed by atoms with Crippen LogP contribution < -0.4 is 0 Å². The molecule has 1 saturated heterocycles. The summed E-state index contributed by atoms with van der Waals surface area (Å²) in [4.78, 5) is 0. The predicted octanol–water partition coefficient (Wildman–Crippen LogP) is 0.792. The fraction of sp³-hybridized carbons (Fsp3) is 1.00. The minimum atomic E-state index is -3.18. The summed E-state index contributed by atoms with van der Waals surface area (Å²) in [6, 6.07) is -0.203. The molecule has 1 N–H and O–H groups in total. The topological polar surface area (TPSA) is 57.6 Å². The lowest BCUT2D eigenvalue weighted by Crippen LogP contribution is -2.39. The highest BCUT2D eigenvalue weighted by molar-refractivity contribution is 7.89. The van der Waals surface area contributed by atoms with E-state index >= 15 is 0 Å². The summed E-state index contributed by atoms with van der Waals surface area (Å²) in [5, 5.41) is 9.04. The Labute approximate surface area is 96.3 Å². The lowest BCUT2D eigenvalue weighted by atomic mass is 10.2. The van der Waals surface area contributed by atoms with Gasteiger partial charge in [-0.2, -0.15) is 4.31 Å². The quantitative estimate of drug-likeness (QED) is 0.564. The van der Waals surface area contributed by atoms with Crippen molar-refractivity contribution in [3.05, 3.63) is 0 Å². The van der Waals surface area contributed by atoms with Crippen molar-refractivity contribution >= 4 is 21.6 Å². The third-order valence-electron chi connectivity index (χ3n) is 2.68. The van der Waals surface area contributed by atoms with Crippen LogP contribution in [0.3, 0.4) is 0 Å². The first kappa shape index (κ1) is 13.2. The van der Waals surface area contributed by atoms with E-state index < -0.39 is 10.0 Å². The Balaban J connectivity index is 2.52. The zero-order chi connectivity index (χ0) is 11.3. The molecule has 0 aliphatic carbocycles. The number of hydrogen-bond acceptors (Lipinski definition) is 3. The summed E-state index contributed by atoms with van der Waals surface area (Å²) >= 11 is 5.50. The van der Waals surface area contributed by atoms with Crippen LogP contribution in [0.4, 0.5) is 0 Å². The minimum Gasteiger partial charge on any atom is -0.395 e. The van der Waals surface area contributed by atoms with E-state index in [0.29, 0.717) is 18.8 Å². The maximum atomic E-state index is 11.8. The molecule has 1 fully saturated rings. The molecule has 0 saturated carbocycles. The zero-order valence-electron chi connectivity index (χ0n) is 8.73. The first-order valence-electron chi connectivity index (χ1n) is 5.28. The van der Waals surface area contributed by atoms with Crippen LogP contribution >= 0.6 is 11.6 Å². The second-order valence-electron chi connectivity index (χ2n) is 3.80. The monoisotopic (exact) mass is 255 g/mol. The summed E-state index contributed by atoms with van der Waals surface area (Å²) in [7, 11) is -3.18. The number of aliphatic hydroxyl groups excluding tert-OH is 1. The Kier molecular flexibility index (Phi) is 5.32. The van der Waals surface area contributed by atoms with Gasteiger partial charge >= 0.3 is 0 Å². The fourth-order valence-corrected chi connectivity index (χ4v) is 3.88. The van der Waals surface area contributed by atoms with Crippen molar-refractivity contribution in [2.75, 3.05) is 24.8 Å². The standard InChI is InChI=1S/C9H18ClNO3S/c10-5-1-2-7-15(13,14)11-6-3-4-9(11)8-12/h9,12H,1-8H2. The van der Waals surface area contributed by atoms with Gasteiger partial charge in [-0.05, 0) is 25.7 Å². The van der Waals surface area contributed by atoms with E-state index in [2.05, 4.69) is 0 Å². The van der Waals surface area contributed by atoms with Gasteiger partial charge in [-0.1, -0.05) is 0 Å². The van der Waals surface area contributed by atoms with Crippen LogP contribution in [0.25, 0.3) is 0 Å². The molecule has 1 rings (SSSR count). The van der Waals surface area contributed by atoms with E-state index in [1.54, 1.807) is 0 Å². The average Bonchev–Trinajstić information content (AvgIpc) is 2.66. The average molecular weight is 256 g/mol. The summed E-state index contributed by atoms with van der Waals surface area (Å²) in [5.41, 5.74) is 0. The molecule has 0 radical (unpaired) electrons. The molecule has 0 aromatic rings. The molecule has 1 aliphatic rings. The number of halogens is 1. The summed E-state index contributed by atoms with van der Waals surface area (Å²) < 4.78 is 25.1. The Bertz CT molecular complexity index is 281. The molecule has 1 atom stereocenters. The fourth-order valence-electron chi connectivity index (χ4n) is 1.85. The Hall–Kier alpha value is 0.160. The zero-order valence-corrected chi connectivity index (χ0v) is 10.3. The van der Waals surface area contributed by atoms with E-state index in [4.69, 9.17) is 16.7 Å². The first-order chi connectivity index (χ1) is 7.11. The van der Waals surface area contributed by atoms with Crippen molar-refractivity contribution < 1.29 is 13.5 Å². The highest BCUT2D eigenvalue weighted by atomic mass is 35.5. The van der Waals surface area contributed by atoms with Gasteiger partial charge < -0.3 is 5.11 Å². The molecular formula is C9H18ClNO3S. The second-order valence-corrected chi connectivity index (χ2v) is 6.22. The van der Waals surface area contributed by atoms with Crippen molar-refractivity contribution in [1.82, 2.24) is 4.31 Å². The molecule has 0 bridgehead atoms. The van der Waals surface area contributed by atoms with Crippen molar-refractivity contribution in [3.8, 4) is 0 Å². The van der Waals surface area contributed by atoms with Gasteiger partial charge in [-0.3, -0.25) is 0 Å². The van der Waals surface area contributed by atoms with E-state index in [9.17, 15) is 8.42 Å². The third-order valence-corrected chi connectivity index (χ3v) is 4.94. The number of rotatable bonds is 6. The molecule has 6 heteroatoms. The van der Waals surface area contributed by atoms with Crippen molar-refractivity contribution in [2.24, 2.45) is 0 Å². The molecule has 1 heterocycles. The van der Waals surface area contributed by atoms with Gasteiger partial charge in [0.15, 0.2) is 0 Å². The Morgan fingerprint density at radius 1 is 1.40 bits per heavy atom. The van der Waals surface area contributed by atoms with Crippen molar-refractivity contribution in [2.45, 2.75) is 31.7 Å². The Morgan fingerprint density at radius 3 is 2.73 bits per heavy atom. The second kappa shape index (κ2) is 6.03. The Morgan fingerprint density at radius 2 is 2.13 bits per heavy atom. The summed E-state index contributed by atoms with van der Waals surface area (Å²) in [6.07, 6.45) is 2.93. The van der Waals surface area contributed by atoms with Crippen LogP contribution in [0.5, 0.6) is 0 Å². The van der Waals surface area contributed by atoms with Gasteiger partial charge in [-0.25, -0.2) is 8.42 Å². The van der Waals surface area contributed by atoms with Gasteiger partial charge in [0, 0.05) is 18.5 Å². The maximum Gasteiger partial charge on any atom is 0.214 e. The van der Waals surface area contributed by atoms with Gasteiger partial charge in [-0.15, -0.1) is 11.6 Å². The number of aliphatic hydroxyl groups is 1. The molecule has 1 unspecified atom stereocenters. The summed E-state index contributed by atoms with van der Waals surface area (Å²) in [6.45, 7) is 0.475. The molecule has 0 spiro atoms. The largest absolute Gasteiger partial charge is 0.395 e. The maximum absolute atomic E-state index is 11.8. The predicted molar refractivity (Wildman–Crippen MR) is 60.6 cm³/mol. The van der Waals surface area contributed by atoms with Gasteiger partial charge in [0.1, 0.15) is 0 Å². The third kappa shape index (κ3) is 3.59. The molecule has 0 aromatic heterocycles. The molecule has 90 valence electrons. The first-order valence-corrected chi connectivity index (χ1v) is 7.42. The highest BCUT2D eigenvalue weighted by Gasteiger charge is 2.32. The molecule has 4 nitrogen and oxygen atoms in total. The van der Waals surface area contributed by atoms with Crippen LogP contribution in [0.1, 0.15) is 25.7 Å². The van der Waals surface area contributed by atoms with Crippen LogP contribution in [-0.4, -0.2) is 48.7 Å². The van der Waals surface area contributed by atoms with E-state index in [0.717, 1.165) is 19.3 Å². The van der Waals surface area contributed by atoms with Crippen LogP contribution in [0.15, 0.2) is 0 Å². The number of alkyl halides is 1. The van der Waals surface area contributed by atoms with Gasteiger partial charge in [0.05, 0.1) is 12.4 Å². The molecule has 0 aromatic carbocycles. The molecule has 15 heavy (non-hydrogen) atoms. The normalized spacial score (nSPS) is 23.5. The molecule has 1 aliphatic heterocycles. The van der Waals surface area contributed by atoms with E-state index in [-0.39, 0.29) is 18.4 Å². The molecule has 0 amide bonds. The lowest BCUT2D eigenvalue weighted by molar-refractivity contribution is 0.213. The number of nitrogens with zero attached hydrogens (tertiary/aromatic N) is 1. The molecular weight excluding hydrogens is 238 g/mol. The van der Waals surface area contributed by atoms with Gasteiger partial charge in [0.25, 0.3) is 0 Å². The summed E-state index contributed by atoms with van der Waals surface area (Å²) in [5.74, 6) is 0.648. The smallest absolute Gasteiger partial charge is 0.214 e. The SMILES string of the molecule is O=S(=O)(CCCCCl)N1CCCC1CO. The van der Waals surface area contributed by atoms with E-state index in [1.807, 2.05) is 0 Å². The number of sulfonamides is 1. The van der Waals surface area contributed by atoms with Crippen molar-refractivity contribution in [3.63, 3.8) is 0 Å². The minimum absolute atomic E-state index is 0.0747. The van der Waals surface area contributed by atoms with Crippen LogP contribution in [0.2, 0.25) is 0 Å². The van der Waals surface area contributed by atoms with E-state index in [1.165, 1.54) is 4.31 Å². The van der Waals surface area contributed by atoms with Crippen LogP contribution in [0, 0.1) is 0 Å². The van der Waals surface area contributed by atoms with Crippen molar-refractivity contribution in [1.29, 1.82) is 0 Å². The highest BCUT2D eigenvalue weighted by Crippen LogP contribution is 2.21. The van der Waals surface area contributed by atoms with Gasteiger partial charge in [0.2, 0.25) is 10.0 Å². The van der Waals surface area contributed by atoms with Crippen LogP contribution in [-0.2, 0) is 10.0 Å². The number of unbranched alkanes of at least 4 members (excludes halogenated alkanes) is 1.